The maximum Gasteiger partial charge on any atom is 0.274 e. The lowest BCUT2D eigenvalue weighted by atomic mass is 10.1. The van der Waals surface area contributed by atoms with E-state index in [0.29, 0.717) is 22.3 Å². The van der Waals surface area contributed by atoms with E-state index in [1.54, 1.807) is 12.1 Å². The van der Waals surface area contributed by atoms with Crippen LogP contribution in [0.15, 0.2) is 41.2 Å². The largest absolute Gasteiger partial charge is 0.319 e. The van der Waals surface area contributed by atoms with Crippen molar-refractivity contribution in [1.82, 2.24) is 9.97 Å². The first-order chi connectivity index (χ1) is 9.58. The lowest BCUT2D eigenvalue weighted by Crippen LogP contribution is -2.11. The van der Waals surface area contributed by atoms with E-state index in [2.05, 4.69) is 9.97 Å². The van der Waals surface area contributed by atoms with Gasteiger partial charge in [0.05, 0.1) is 20.6 Å². The predicted octanol–water partition coefficient (Wildman–Crippen LogP) is 4.55. The number of rotatable bonds is 1. The highest BCUT2D eigenvalue weighted by Gasteiger charge is 2.14. The molecule has 0 aliphatic heterocycles. The Morgan fingerprint density at radius 2 is 1.70 bits per heavy atom. The van der Waals surface area contributed by atoms with Crippen LogP contribution in [-0.4, -0.2) is 9.97 Å². The second-order valence-corrected chi connectivity index (χ2v) is 5.33. The van der Waals surface area contributed by atoms with Gasteiger partial charge in [-0.2, -0.15) is 0 Å². The Bertz CT molecular complexity index is 860. The number of halogens is 3. The van der Waals surface area contributed by atoms with Crippen LogP contribution in [0, 0.1) is 0 Å². The summed E-state index contributed by atoms with van der Waals surface area (Å²) in [6, 6.07) is 10.7. The Labute approximate surface area is 129 Å². The fourth-order valence-electron chi connectivity index (χ4n) is 1.93. The van der Waals surface area contributed by atoms with E-state index in [9.17, 15) is 4.79 Å². The molecule has 3 aromatic rings. The second-order valence-electron chi connectivity index (χ2n) is 4.16. The van der Waals surface area contributed by atoms with Crippen molar-refractivity contribution >= 4 is 45.8 Å². The van der Waals surface area contributed by atoms with Crippen molar-refractivity contribution in [3.63, 3.8) is 0 Å². The zero-order valence-electron chi connectivity index (χ0n) is 9.95. The number of fused-ring (bicyclic) bond motifs is 1. The molecule has 3 rings (SSSR count). The fraction of sp³-hybridized carbons (Fsp3) is 0. The molecule has 0 bridgehead atoms. The number of nitrogens with one attached hydrogen (secondary N) is 1. The van der Waals surface area contributed by atoms with Gasteiger partial charge in [0.2, 0.25) is 0 Å². The average molecular weight is 326 g/mol. The van der Waals surface area contributed by atoms with E-state index in [1.165, 1.54) is 6.07 Å². The first-order valence-corrected chi connectivity index (χ1v) is 6.84. The summed E-state index contributed by atoms with van der Waals surface area (Å²) in [5, 5.41) is 0.719. The number of H-pyrrole nitrogens is 1. The van der Waals surface area contributed by atoms with Gasteiger partial charge in [0.15, 0.2) is 0 Å². The fourth-order valence-corrected chi connectivity index (χ4v) is 2.57. The van der Waals surface area contributed by atoms with Crippen LogP contribution in [0.2, 0.25) is 15.1 Å². The van der Waals surface area contributed by atoms with Crippen molar-refractivity contribution in [3.05, 3.63) is 61.8 Å². The molecule has 1 heterocycles. The maximum absolute atomic E-state index is 12.1. The Hall–Kier alpha value is -1.55. The smallest absolute Gasteiger partial charge is 0.274 e. The van der Waals surface area contributed by atoms with Crippen molar-refractivity contribution in [3.8, 4) is 11.3 Å². The van der Waals surface area contributed by atoms with Crippen LogP contribution in [0.3, 0.4) is 0 Å². The summed E-state index contributed by atoms with van der Waals surface area (Å²) < 4.78 is 0. The molecule has 100 valence electrons. The molecule has 0 atom stereocenters. The first kappa shape index (κ1) is 13.4. The topological polar surface area (TPSA) is 45.8 Å². The monoisotopic (exact) mass is 324 g/mol. The molecule has 0 amide bonds. The molecule has 0 radical (unpaired) electrons. The molecule has 1 N–H and O–H groups in total. The highest BCUT2D eigenvalue weighted by molar-refractivity contribution is 6.50. The van der Waals surface area contributed by atoms with Crippen LogP contribution in [0.25, 0.3) is 22.3 Å². The van der Waals surface area contributed by atoms with Crippen LogP contribution in [0.5, 0.6) is 0 Å². The Morgan fingerprint density at radius 3 is 2.40 bits per heavy atom. The van der Waals surface area contributed by atoms with Crippen molar-refractivity contribution in [1.29, 1.82) is 0 Å². The van der Waals surface area contributed by atoms with Gasteiger partial charge < -0.3 is 4.98 Å². The molecular weight excluding hydrogens is 319 g/mol. The molecule has 6 heteroatoms. The normalized spacial score (nSPS) is 10.9. The van der Waals surface area contributed by atoms with Crippen molar-refractivity contribution < 1.29 is 0 Å². The van der Waals surface area contributed by atoms with Crippen LogP contribution in [0.4, 0.5) is 0 Å². The van der Waals surface area contributed by atoms with Crippen LogP contribution < -0.4 is 5.56 Å². The lowest BCUT2D eigenvalue weighted by molar-refractivity contribution is 1.22. The van der Waals surface area contributed by atoms with Gasteiger partial charge in [-0.3, -0.25) is 4.79 Å². The van der Waals surface area contributed by atoms with E-state index in [1.807, 2.05) is 18.2 Å². The SMILES string of the molecule is O=c1[nH]c2cc(Cl)c(Cl)c(Cl)c2nc1-c1ccccc1. The van der Waals surface area contributed by atoms with E-state index < -0.39 is 0 Å². The van der Waals surface area contributed by atoms with Crippen LogP contribution in [0.1, 0.15) is 0 Å². The molecule has 2 aromatic carbocycles. The third-order valence-electron chi connectivity index (χ3n) is 2.87. The molecule has 0 aliphatic rings. The number of aromatic amines is 1. The Balaban J connectivity index is 2.37. The summed E-state index contributed by atoms with van der Waals surface area (Å²) in [6.45, 7) is 0. The highest BCUT2D eigenvalue weighted by atomic mass is 35.5. The third kappa shape index (κ3) is 2.18. The number of hydrogen-bond acceptors (Lipinski definition) is 2. The first-order valence-electron chi connectivity index (χ1n) is 5.71. The van der Waals surface area contributed by atoms with Gasteiger partial charge >= 0.3 is 0 Å². The summed E-state index contributed by atoms with van der Waals surface area (Å²) in [6.07, 6.45) is 0. The van der Waals surface area contributed by atoms with Crippen molar-refractivity contribution in [2.45, 2.75) is 0 Å². The number of benzene rings is 2. The van der Waals surface area contributed by atoms with Gasteiger partial charge in [-0.15, -0.1) is 0 Å². The van der Waals surface area contributed by atoms with Crippen LogP contribution in [-0.2, 0) is 0 Å². The minimum atomic E-state index is -0.307. The molecule has 0 saturated heterocycles. The average Bonchev–Trinajstić information content (AvgIpc) is 2.45. The molecular formula is C14H7Cl3N2O. The second kappa shape index (κ2) is 5.09. The summed E-state index contributed by atoms with van der Waals surface area (Å²) >= 11 is 18.1. The Morgan fingerprint density at radius 1 is 1.00 bits per heavy atom. The standard InChI is InChI=1S/C14H7Cl3N2O/c15-8-6-9-13(11(17)10(8)16)19-12(14(20)18-9)7-4-2-1-3-5-7/h1-6H,(H,18,20). The van der Waals surface area contributed by atoms with E-state index in [-0.39, 0.29) is 20.6 Å². The van der Waals surface area contributed by atoms with Gasteiger partial charge in [-0.25, -0.2) is 4.98 Å². The van der Waals surface area contributed by atoms with Gasteiger partial charge in [0, 0.05) is 5.56 Å². The minimum absolute atomic E-state index is 0.222. The maximum atomic E-state index is 12.1. The molecule has 3 nitrogen and oxygen atoms in total. The molecule has 0 fully saturated rings. The number of aromatic nitrogens is 2. The molecule has 0 aliphatic carbocycles. The van der Waals surface area contributed by atoms with Crippen molar-refractivity contribution in [2.75, 3.05) is 0 Å². The molecule has 0 unspecified atom stereocenters. The zero-order valence-corrected chi connectivity index (χ0v) is 12.2. The van der Waals surface area contributed by atoms with Gasteiger partial charge in [0.25, 0.3) is 5.56 Å². The minimum Gasteiger partial charge on any atom is -0.319 e. The molecule has 20 heavy (non-hydrogen) atoms. The molecule has 0 spiro atoms. The highest BCUT2D eigenvalue weighted by Crippen LogP contribution is 2.35. The molecule has 0 saturated carbocycles. The molecule has 1 aromatic heterocycles. The third-order valence-corrected chi connectivity index (χ3v) is 4.12. The van der Waals surface area contributed by atoms with E-state index in [4.69, 9.17) is 34.8 Å². The summed E-state index contributed by atoms with van der Waals surface area (Å²) in [4.78, 5) is 19.2. The summed E-state index contributed by atoms with van der Waals surface area (Å²) in [5.41, 5.74) is 1.56. The summed E-state index contributed by atoms with van der Waals surface area (Å²) in [5.74, 6) is 0. The summed E-state index contributed by atoms with van der Waals surface area (Å²) in [7, 11) is 0. The van der Waals surface area contributed by atoms with E-state index in [0.717, 1.165) is 0 Å². The van der Waals surface area contributed by atoms with Gasteiger partial charge in [-0.05, 0) is 6.07 Å². The van der Waals surface area contributed by atoms with Crippen LogP contribution >= 0.6 is 34.8 Å². The number of hydrogen-bond donors (Lipinski definition) is 1. The number of nitrogens with zero attached hydrogens (tertiary/aromatic N) is 1. The quantitative estimate of drug-likeness (QED) is 0.667. The van der Waals surface area contributed by atoms with Crippen molar-refractivity contribution in [2.24, 2.45) is 0 Å². The zero-order chi connectivity index (χ0) is 14.3. The lowest BCUT2D eigenvalue weighted by Gasteiger charge is -2.06. The van der Waals surface area contributed by atoms with E-state index >= 15 is 0 Å². The van der Waals surface area contributed by atoms with Gasteiger partial charge in [0.1, 0.15) is 11.2 Å². The predicted molar refractivity (Wildman–Crippen MR) is 82.8 cm³/mol. The van der Waals surface area contributed by atoms with Gasteiger partial charge in [-0.1, -0.05) is 65.1 Å². The Kier molecular flexibility index (Phi) is 3.42.